The number of amides is 1. The smallest absolute Gasteiger partial charge is 0.277 e. The average Bonchev–Trinajstić information content (AvgIpc) is 3.63. The van der Waals surface area contributed by atoms with Gasteiger partial charge in [-0.15, -0.1) is 32.9 Å². The third-order valence-electron chi connectivity index (χ3n) is 4.91. The summed E-state index contributed by atoms with van der Waals surface area (Å²) in [5, 5.41) is 18.8. The molecule has 32 heavy (non-hydrogen) atoms. The maximum atomic E-state index is 13.1. The van der Waals surface area contributed by atoms with Crippen LogP contribution < -0.4 is 4.74 Å². The highest BCUT2D eigenvalue weighted by molar-refractivity contribution is 7.99. The second kappa shape index (κ2) is 9.27. The van der Waals surface area contributed by atoms with Gasteiger partial charge in [-0.25, -0.2) is 5.01 Å². The maximum Gasteiger partial charge on any atom is 0.277 e. The van der Waals surface area contributed by atoms with Crippen molar-refractivity contribution >= 4 is 46.1 Å². The van der Waals surface area contributed by atoms with Crippen LogP contribution >= 0.6 is 34.4 Å². The normalized spacial score (nSPS) is 15.7. The van der Waals surface area contributed by atoms with Crippen molar-refractivity contribution in [2.45, 2.75) is 17.7 Å². The number of ether oxygens (including phenoxy) is 1. The average molecular weight is 483 g/mol. The van der Waals surface area contributed by atoms with Gasteiger partial charge in [0.2, 0.25) is 5.89 Å². The first kappa shape index (κ1) is 20.9. The lowest BCUT2D eigenvalue weighted by Crippen LogP contribution is -2.28. The molecule has 0 saturated heterocycles. The molecule has 0 radical (unpaired) electrons. The quantitative estimate of drug-likeness (QED) is 0.331. The summed E-state index contributed by atoms with van der Waals surface area (Å²) in [6.07, 6.45) is 0.708. The standard InChI is InChI=1S/C22H18N4O3S3/c1-28-15-8-6-14(7-9-15)21-23-24-22(29-21)32-13-20(27)26-17(19-5-3-11-31-19)12-16(25-26)18-4-2-10-30-18/h2-11,17H,12-13H2,1H3/t17-/m1/s1. The fourth-order valence-corrected chi connectivity index (χ4v) is 5.49. The molecule has 1 aliphatic heterocycles. The summed E-state index contributed by atoms with van der Waals surface area (Å²) in [6.45, 7) is 0. The Morgan fingerprint density at radius 3 is 2.69 bits per heavy atom. The second-order valence-corrected chi connectivity index (χ2v) is 9.74. The Kier molecular flexibility index (Phi) is 6.06. The minimum atomic E-state index is -0.0934. The zero-order valence-corrected chi connectivity index (χ0v) is 19.5. The van der Waals surface area contributed by atoms with Crippen molar-refractivity contribution in [1.82, 2.24) is 15.2 Å². The number of benzene rings is 1. The van der Waals surface area contributed by atoms with Gasteiger partial charge in [0.05, 0.1) is 29.5 Å². The van der Waals surface area contributed by atoms with Crippen LogP contribution in [0, 0.1) is 0 Å². The summed E-state index contributed by atoms with van der Waals surface area (Å²) in [5.41, 5.74) is 1.73. The number of carbonyl (C=O) groups excluding carboxylic acids is 1. The Labute approximate surface area is 196 Å². The first-order chi connectivity index (χ1) is 15.7. The van der Waals surface area contributed by atoms with Crippen LogP contribution in [-0.4, -0.2) is 39.7 Å². The van der Waals surface area contributed by atoms with E-state index in [1.165, 1.54) is 11.8 Å². The molecular formula is C22H18N4O3S3. The number of rotatable bonds is 7. The number of thiophene rings is 2. The molecule has 10 heteroatoms. The Hall–Kier alpha value is -2.95. The predicted octanol–water partition coefficient (Wildman–Crippen LogP) is 5.34. The molecular weight excluding hydrogens is 464 g/mol. The van der Waals surface area contributed by atoms with Crippen LogP contribution in [0.4, 0.5) is 0 Å². The Balaban J connectivity index is 1.28. The van der Waals surface area contributed by atoms with Crippen LogP contribution in [0.25, 0.3) is 11.5 Å². The minimum absolute atomic E-state index is 0.0854. The number of hydrogen-bond acceptors (Lipinski definition) is 9. The summed E-state index contributed by atoms with van der Waals surface area (Å²) in [5.74, 6) is 1.22. The molecule has 0 spiro atoms. The van der Waals surface area contributed by atoms with Crippen LogP contribution in [0.5, 0.6) is 5.75 Å². The molecule has 0 N–H and O–H groups in total. The minimum Gasteiger partial charge on any atom is -0.497 e. The topological polar surface area (TPSA) is 80.8 Å². The van der Waals surface area contributed by atoms with Gasteiger partial charge in [-0.1, -0.05) is 23.9 Å². The molecule has 1 aliphatic rings. The van der Waals surface area contributed by atoms with Gasteiger partial charge in [0, 0.05) is 16.9 Å². The molecule has 4 aromatic rings. The lowest BCUT2D eigenvalue weighted by Gasteiger charge is -2.20. The van der Waals surface area contributed by atoms with E-state index in [0.717, 1.165) is 26.8 Å². The van der Waals surface area contributed by atoms with Crippen LogP contribution in [0.3, 0.4) is 0 Å². The van der Waals surface area contributed by atoms with Crippen molar-refractivity contribution < 1.29 is 13.9 Å². The van der Waals surface area contributed by atoms with Crippen LogP contribution in [0.1, 0.15) is 22.2 Å². The third-order valence-corrected chi connectivity index (χ3v) is 7.60. The molecule has 1 atom stereocenters. The van der Waals surface area contributed by atoms with E-state index in [0.29, 0.717) is 17.5 Å². The number of methoxy groups -OCH3 is 1. The van der Waals surface area contributed by atoms with Gasteiger partial charge in [-0.05, 0) is 47.2 Å². The molecule has 4 heterocycles. The van der Waals surface area contributed by atoms with Gasteiger partial charge in [0.25, 0.3) is 11.1 Å². The monoisotopic (exact) mass is 482 g/mol. The first-order valence-corrected chi connectivity index (χ1v) is 12.5. The number of nitrogens with zero attached hydrogens (tertiary/aromatic N) is 4. The lowest BCUT2D eigenvalue weighted by atomic mass is 10.1. The molecule has 0 fully saturated rings. The van der Waals surface area contributed by atoms with Gasteiger partial charge >= 0.3 is 0 Å². The SMILES string of the molecule is COc1ccc(-c2nnc(SCC(=O)N3N=C(c4cccs4)C[C@@H]3c3cccs3)o2)cc1. The zero-order chi connectivity index (χ0) is 21.9. The lowest BCUT2D eigenvalue weighted by molar-refractivity contribution is -0.130. The summed E-state index contributed by atoms with van der Waals surface area (Å²) >= 11 is 4.49. The van der Waals surface area contributed by atoms with Crippen molar-refractivity contribution in [1.29, 1.82) is 0 Å². The first-order valence-electron chi connectivity index (χ1n) is 9.79. The summed E-state index contributed by atoms with van der Waals surface area (Å²) in [7, 11) is 1.62. The number of carbonyl (C=O) groups is 1. The highest BCUT2D eigenvalue weighted by atomic mass is 32.2. The van der Waals surface area contributed by atoms with Crippen LogP contribution in [0.2, 0.25) is 0 Å². The van der Waals surface area contributed by atoms with E-state index >= 15 is 0 Å². The highest BCUT2D eigenvalue weighted by Crippen LogP contribution is 2.36. The van der Waals surface area contributed by atoms with E-state index in [4.69, 9.17) is 9.15 Å². The Bertz CT molecular complexity index is 1220. The molecule has 0 bridgehead atoms. The maximum absolute atomic E-state index is 13.1. The number of hydrogen-bond donors (Lipinski definition) is 0. The molecule has 3 aromatic heterocycles. The number of aromatic nitrogens is 2. The van der Waals surface area contributed by atoms with Crippen molar-refractivity contribution in [2.24, 2.45) is 5.10 Å². The van der Waals surface area contributed by atoms with E-state index in [1.807, 2.05) is 53.2 Å². The number of thioether (sulfide) groups is 1. The molecule has 5 rings (SSSR count). The zero-order valence-electron chi connectivity index (χ0n) is 17.0. The van der Waals surface area contributed by atoms with E-state index in [1.54, 1.807) is 34.8 Å². The molecule has 0 aliphatic carbocycles. The van der Waals surface area contributed by atoms with E-state index in [2.05, 4.69) is 21.4 Å². The molecule has 0 saturated carbocycles. The highest BCUT2D eigenvalue weighted by Gasteiger charge is 2.34. The van der Waals surface area contributed by atoms with Gasteiger partial charge in [-0.3, -0.25) is 4.79 Å². The van der Waals surface area contributed by atoms with E-state index in [9.17, 15) is 4.79 Å². The molecule has 0 unspecified atom stereocenters. The summed E-state index contributed by atoms with van der Waals surface area (Å²) in [6, 6.07) is 15.4. The van der Waals surface area contributed by atoms with Gasteiger partial charge in [-0.2, -0.15) is 5.10 Å². The second-order valence-electron chi connectivity index (χ2n) is 6.89. The number of hydrazone groups is 1. The van der Waals surface area contributed by atoms with Crippen molar-refractivity contribution in [2.75, 3.05) is 12.9 Å². The Morgan fingerprint density at radius 1 is 1.16 bits per heavy atom. The third kappa shape index (κ3) is 4.34. The van der Waals surface area contributed by atoms with Crippen molar-refractivity contribution in [3.8, 4) is 17.2 Å². The molecule has 1 amide bonds. The fraction of sp³-hybridized carbons (Fsp3) is 0.182. The van der Waals surface area contributed by atoms with Gasteiger partial charge in [0.15, 0.2) is 0 Å². The van der Waals surface area contributed by atoms with Crippen molar-refractivity contribution in [3.05, 3.63) is 69.0 Å². The van der Waals surface area contributed by atoms with Crippen molar-refractivity contribution in [3.63, 3.8) is 0 Å². The van der Waals surface area contributed by atoms with Crippen LogP contribution in [-0.2, 0) is 4.79 Å². The largest absolute Gasteiger partial charge is 0.497 e. The molecule has 1 aromatic carbocycles. The summed E-state index contributed by atoms with van der Waals surface area (Å²) < 4.78 is 10.9. The Morgan fingerprint density at radius 2 is 1.97 bits per heavy atom. The van der Waals surface area contributed by atoms with E-state index in [-0.39, 0.29) is 17.7 Å². The molecule has 162 valence electrons. The van der Waals surface area contributed by atoms with Gasteiger partial charge in [0.1, 0.15) is 5.75 Å². The van der Waals surface area contributed by atoms with E-state index < -0.39 is 0 Å². The fourth-order valence-electron chi connectivity index (χ4n) is 3.34. The predicted molar refractivity (Wildman–Crippen MR) is 126 cm³/mol. The van der Waals surface area contributed by atoms with Gasteiger partial charge < -0.3 is 9.15 Å². The summed E-state index contributed by atoms with van der Waals surface area (Å²) in [4.78, 5) is 15.3. The molecule has 7 nitrogen and oxygen atoms in total. The van der Waals surface area contributed by atoms with Crippen LogP contribution in [0.15, 0.2) is 74.0 Å².